The zero-order valence-corrected chi connectivity index (χ0v) is 8.23. The van der Waals surface area contributed by atoms with Crippen LogP contribution in [0.5, 0.6) is 0 Å². The highest BCUT2D eigenvalue weighted by Gasteiger charge is 2.26. The Kier molecular flexibility index (Phi) is 4.42. The van der Waals surface area contributed by atoms with Crippen molar-refractivity contribution >= 4 is 0 Å². The van der Waals surface area contributed by atoms with E-state index in [1.165, 1.54) is 25.7 Å². The Hall–Kier alpha value is -0.260. The third kappa shape index (κ3) is 2.36. The number of hydrogen-bond donors (Lipinski definition) is 0. The summed E-state index contributed by atoms with van der Waals surface area (Å²) in [6.45, 7) is 6.00. The predicted molar refractivity (Wildman–Crippen MR) is 55.2 cm³/mol. The highest BCUT2D eigenvalue weighted by atomic mass is 14.3. The number of rotatable bonds is 0. The third-order valence-corrected chi connectivity index (χ3v) is 3.47. The van der Waals surface area contributed by atoms with Gasteiger partial charge in [-0.25, -0.2) is 0 Å². The summed E-state index contributed by atoms with van der Waals surface area (Å²) >= 11 is 0. The Morgan fingerprint density at radius 1 is 0.583 bits per heavy atom. The van der Waals surface area contributed by atoms with Gasteiger partial charge in [-0.3, -0.25) is 0 Å². The summed E-state index contributed by atoms with van der Waals surface area (Å²) in [4.78, 5) is 0. The van der Waals surface area contributed by atoms with E-state index in [-0.39, 0.29) is 0 Å². The van der Waals surface area contributed by atoms with E-state index in [0.29, 0.717) is 0 Å². The molecular formula is C12H22. The topological polar surface area (TPSA) is 0 Å². The molecule has 0 aliphatic heterocycles. The van der Waals surface area contributed by atoms with Gasteiger partial charge in [0.1, 0.15) is 0 Å². The fourth-order valence-electron chi connectivity index (χ4n) is 2.86. The molecule has 0 unspecified atom stereocenters. The Bertz CT molecular complexity index is 91.2. The fraction of sp³-hybridized carbons (Fsp3) is 0.833. The van der Waals surface area contributed by atoms with Crippen molar-refractivity contribution in [2.75, 3.05) is 0 Å². The van der Waals surface area contributed by atoms with Crippen LogP contribution >= 0.6 is 0 Å². The SMILES string of the molecule is C1CCC2CCCCC2C1.C=C. The molecule has 0 radical (unpaired) electrons. The lowest BCUT2D eigenvalue weighted by Gasteiger charge is -2.35. The van der Waals surface area contributed by atoms with Gasteiger partial charge in [-0.05, 0) is 11.8 Å². The molecule has 0 nitrogen and oxygen atoms in total. The molecular weight excluding hydrogens is 144 g/mol. The van der Waals surface area contributed by atoms with E-state index in [0.717, 1.165) is 11.8 Å². The van der Waals surface area contributed by atoms with E-state index in [4.69, 9.17) is 0 Å². The first kappa shape index (κ1) is 9.83. The molecule has 0 aromatic carbocycles. The first-order chi connectivity index (χ1) is 5.97. The Labute approximate surface area is 77.1 Å². The van der Waals surface area contributed by atoms with E-state index in [1.54, 1.807) is 25.7 Å². The van der Waals surface area contributed by atoms with Crippen LogP contribution in [-0.4, -0.2) is 0 Å². The minimum Gasteiger partial charge on any atom is -0.106 e. The highest BCUT2D eigenvalue weighted by molar-refractivity contribution is 4.78. The molecule has 12 heavy (non-hydrogen) atoms. The van der Waals surface area contributed by atoms with Crippen LogP contribution in [0, 0.1) is 11.8 Å². The highest BCUT2D eigenvalue weighted by Crippen LogP contribution is 2.39. The average Bonchev–Trinajstić information content (AvgIpc) is 2.21. The zero-order valence-electron chi connectivity index (χ0n) is 8.23. The molecule has 2 rings (SSSR count). The molecule has 0 aromatic rings. The largest absolute Gasteiger partial charge is 0.106 e. The van der Waals surface area contributed by atoms with Gasteiger partial charge in [0.05, 0.1) is 0 Å². The third-order valence-electron chi connectivity index (χ3n) is 3.47. The lowest BCUT2D eigenvalue weighted by atomic mass is 9.71. The molecule has 0 aromatic heterocycles. The molecule has 0 amide bonds. The van der Waals surface area contributed by atoms with Gasteiger partial charge in [0.15, 0.2) is 0 Å². The van der Waals surface area contributed by atoms with Crippen LogP contribution in [0.1, 0.15) is 51.4 Å². The molecule has 70 valence electrons. The summed E-state index contributed by atoms with van der Waals surface area (Å²) in [5, 5.41) is 0. The van der Waals surface area contributed by atoms with Crippen LogP contribution in [0.2, 0.25) is 0 Å². The first-order valence-electron chi connectivity index (χ1n) is 5.47. The van der Waals surface area contributed by atoms with Crippen molar-refractivity contribution in [2.45, 2.75) is 51.4 Å². The predicted octanol–water partition coefficient (Wildman–Crippen LogP) is 4.17. The standard InChI is InChI=1S/C10H18.C2H4/c1-2-6-10-8-4-3-7-9(10)5-1;1-2/h9-10H,1-8H2;1-2H2. The van der Waals surface area contributed by atoms with Gasteiger partial charge in [-0.1, -0.05) is 51.4 Å². The van der Waals surface area contributed by atoms with E-state index in [2.05, 4.69) is 13.2 Å². The van der Waals surface area contributed by atoms with Crippen molar-refractivity contribution in [2.24, 2.45) is 11.8 Å². The monoisotopic (exact) mass is 166 g/mol. The second-order valence-corrected chi connectivity index (χ2v) is 4.09. The molecule has 0 heterocycles. The van der Waals surface area contributed by atoms with Gasteiger partial charge in [-0.15, -0.1) is 13.2 Å². The van der Waals surface area contributed by atoms with Crippen molar-refractivity contribution in [1.82, 2.24) is 0 Å². The van der Waals surface area contributed by atoms with Gasteiger partial charge in [-0.2, -0.15) is 0 Å². The van der Waals surface area contributed by atoms with Crippen molar-refractivity contribution in [3.63, 3.8) is 0 Å². The number of fused-ring (bicyclic) bond motifs is 1. The Morgan fingerprint density at radius 2 is 0.833 bits per heavy atom. The fourth-order valence-corrected chi connectivity index (χ4v) is 2.86. The summed E-state index contributed by atoms with van der Waals surface area (Å²) in [6.07, 6.45) is 12.4. The van der Waals surface area contributed by atoms with Gasteiger partial charge >= 0.3 is 0 Å². The molecule has 2 aliphatic rings. The second-order valence-electron chi connectivity index (χ2n) is 4.09. The molecule has 0 atom stereocenters. The summed E-state index contributed by atoms with van der Waals surface area (Å²) in [5.41, 5.74) is 0. The van der Waals surface area contributed by atoms with Crippen LogP contribution < -0.4 is 0 Å². The molecule has 0 saturated heterocycles. The molecule has 2 fully saturated rings. The van der Waals surface area contributed by atoms with Crippen LogP contribution in [0.25, 0.3) is 0 Å². The first-order valence-corrected chi connectivity index (χ1v) is 5.47. The lowest BCUT2D eigenvalue weighted by Crippen LogP contribution is -2.22. The minimum atomic E-state index is 1.16. The lowest BCUT2D eigenvalue weighted by molar-refractivity contribution is 0.171. The van der Waals surface area contributed by atoms with Gasteiger partial charge in [0, 0.05) is 0 Å². The molecule has 0 bridgehead atoms. The van der Waals surface area contributed by atoms with E-state index in [9.17, 15) is 0 Å². The van der Waals surface area contributed by atoms with Gasteiger partial charge < -0.3 is 0 Å². The minimum absolute atomic E-state index is 1.16. The zero-order chi connectivity index (χ0) is 8.81. The van der Waals surface area contributed by atoms with Gasteiger partial charge in [0.2, 0.25) is 0 Å². The number of hydrogen-bond acceptors (Lipinski definition) is 0. The maximum atomic E-state index is 3.00. The quantitative estimate of drug-likeness (QED) is 0.474. The molecule has 0 N–H and O–H groups in total. The summed E-state index contributed by atoms with van der Waals surface area (Å²) in [6, 6.07) is 0. The van der Waals surface area contributed by atoms with E-state index in [1.807, 2.05) is 0 Å². The van der Waals surface area contributed by atoms with Crippen LogP contribution in [0.15, 0.2) is 13.2 Å². The van der Waals surface area contributed by atoms with Crippen LogP contribution in [-0.2, 0) is 0 Å². The van der Waals surface area contributed by atoms with Gasteiger partial charge in [0.25, 0.3) is 0 Å². The maximum Gasteiger partial charge on any atom is -0.0386 e. The molecule has 0 spiro atoms. The summed E-state index contributed by atoms with van der Waals surface area (Å²) < 4.78 is 0. The van der Waals surface area contributed by atoms with Crippen molar-refractivity contribution in [3.8, 4) is 0 Å². The summed E-state index contributed by atoms with van der Waals surface area (Å²) in [7, 11) is 0. The van der Waals surface area contributed by atoms with E-state index < -0.39 is 0 Å². The Morgan fingerprint density at radius 3 is 1.08 bits per heavy atom. The average molecular weight is 166 g/mol. The van der Waals surface area contributed by atoms with E-state index >= 15 is 0 Å². The molecule has 2 saturated carbocycles. The van der Waals surface area contributed by atoms with Crippen molar-refractivity contribution in [1.29, 1.82) is 0 Å². The molecule has 2 aliphatic carbocycles. The summed E-state index contributed by atoms with van der Waals surface area (Å²) in [5.74, 6) is 2.31. The van der Waals surface area contributed by atoms with Crippen LogP contribution in [0.4, 0.5) is 0 Å². The molecule has 0 heteroatoms. The second kappa shape index (κ2) is 5.40. The van der Waals surface area contributed by atoms with Crippen molar-refractivity contribution in [3.05, 3.63) is 13.2 Å². The Balaban J connectivity index is 0.000000336. The van der Waals surface area contributed by atoms with Crippen molar-refractivity contribution < 1.29 is 0 Å². The maximum absolute atomic E-state index is 3.00. The normalized spacial score (nSPS) is 34.3. The van der Waals surface area contributed by atoms with Crippen LogP contribution in [0.3, 0.4) is 0 Å². The smallest absolute Gasteiger partial charge is 0.0386 e.